The summed E-state index contributed by atoms with van der Waals surface area (Å²) in [6.07, 6.45) is 1.52. The Morgan fingerprint density at radius 1 is 1.10 bits per heavy atom. The van der Waals surface area contributed by atoms with Gasteiger partial charge in [0.1, 0.15) is 5.75 Å². The minimum Gasteiger partial charge on any atom is -0.493 e. The number of aryl methyl sites for hydroxylation is 1. The molecule has 1 aliphatic rings. The van der Waals surface area contributed by atoms with E-state index >= 15 is 0 Å². The zero-order valence-corrected chi connectivity index (χ0v) is 18.5. The van der Waals surface area contributed by atoms with Gasteiger partial charge < -0.3 is 10.1 Å². The lowest BCUT2D eigenvalue weighted by atomic mass is 10.0. The van der Waals surface area contributed by atoms with Crippen molar-refractivity contribution in [1.29, 1.82) is 0 Å². The van der Waals surface area contributed by atoms with E-state index in [-0.39, 0.29) is 11.7 Å². The topological polar surface area (TPSA) is 75.7 Å². The number of carbonyl (C=O) groups excluding carboxylic acids is 1. The number of ether oxygens (including phenoxy) is 1. The minimum absolute atomic E-state index is 0.0617. The molecule has 0 aromatic heterocycles. The molecule has 0 spiro atoms. The Kier molecular flexibility index (Phi) is 5.87. The van der Waals surface area contributed by atoms with Crippen molar-refractivity contribution in [3.8, 4) is 5.75 Å². The van der Waals surface area contributed by atoms with Crippen LogP contribution in [-0.2, 0) is 16.4 Å². The van der Waals surface area contributed by atoms with E-state index in [4.69, 9.17) is 4.74 Å². The van der Waals surface area contributed by atoms with Crippen LogP contribution < -0.4 is 14.4 Å². The van der Waals surface area contributed by atoms with Crippen molar-refractivity contribution >= 4 is 38.1 Å². The van der Waals surface area contributed by atoms with Crippen LogP contribution in [0.3, 0.4) is 0 Å². The first-order valence-corrected chi connectivity index (χ1v) is 12.1. The van der Waals surface area contributed by atoms with E-state index < -0.39 is 10.0 Å². The highest BCUT2D eigenvalue weighted by molar-refractivity contribution is 7.92. The molecule has 0 radical (unpaired) electrons. The van der Waals surface area contributed by atoms with Crippen LogP contribution in [0.25, 0.3) is 10.8 Å². The molecule has 7 heteroatoms. The van der Waals surface area contributed by atoms with Gasteiger partial charge in [-0.15, -0.1) is 0 Å². The Morgan fingerprint density at radius 3 is 2.68 bits per heavy atom. The number of amides is 1. The van der Waals surface area contributed by atoms with Gasteiger partial charge in [0.2, 0.25) is 10.0 Å². The molecule has 0 saturated heterocycles. The maximum absolute atomic E-state index is 13.3. The summed E-state index contributed by atoms with van der Waals surface area (Å²) in [5, 5.41) is 4.76. The number of sulfonamides is 1. The normalized spacial score (nSPS) is 13.7. The highest BCUT2D eigenvalue weighted by atomic mass is 32.2. The quantitative estimate of drug-likeness (QED) is 0.611. The summed E-state index contributed by atoms with van der Waals surface area (Å²) in [4.78, 5) is 13.3. The van der Waals surface area contributed by atoms with E-state index in [1.807, 2.05) is 49.4 Å². The fourth-order valence-corrected chi connectivity index (χ4v) is 5.24. The molecule has 0 bridgehead atoms. The second kappa shape index (κ2) is 8.59. The van der Waals surface area contributed by atoms with Crippen molar-refractivity contribution < 1.29 is 17.9 Å². The number of benzene rings is 3. The predicted octanol–water partition coefficient (Wildman–Crippen LogP) is 4.59. The molecule has 0 saturated carbocycles. The molecule has 1 aliphatic heterocycles. The van der Waals surface area contributed by atoms with Crippen LogP contribution >= 0.6 is 0 Å². The highest BCUT2D eigenvalue weighted by Crippen LogP contribution is 2.33. The summed E-state index contributed by atoms with van der Waals surface area (Å²) in [7, 11) is -3.32. The molecule has 1 heterocycles. The minimum atomic E-state index is -3.32. The molecule has 3 aromatic carbocycles. The molecule has 162 valence electrons. The number of nitrogens with one attached hydrogen (secondary N) is 1. The largest absolute Gasteiger partial charge is 0.493 e. The lowest BCUT2D eigenvalue weighted by molar-refractivity contribution is 0.102. The Balaban J connectivity index is 1.68. The van der Waals surface area contributed by atoms with Crippen LogP contribution in [0.2, 0.25) is 0 Å². The van der Waals surface area contributed by atoms with E-state index in [0.29, 0.717) is 35.8 Å². The number of hydrogen-bond donors (Lipinski definition) is 1. The van der Waals surface area contributed by atoms with E-state index in [0.717, 1.165) is 29.2 Å². The SMILES string of the molecule is CCOc1ccc2ccccc2c1C(=O)Nc1ccc2c(c1)CCCN2S(=O)(=O)CC. The van der Waals surface area contributed by atoms with Crippen molar-refractivity contribution in [1.82, 2.24) is 0 Å². The molecule has 0 atom stereocenters. The van der Waals surface area contributed by atoms with Crippen LogP contribution in [0.5, 0.6) is 5.75 Å². The molecular weight excluding hydrogens is 412 g/mol. The third kappa shape index (κ3) is 4.10. The number of fused-ring (bicyclic) bond motifs is 2. The zero-order valence-electron chi connectivity index (χ0n) is 17.7. The van der Waals surface area contributed by atoms with Crippen molar-refractivity contribution in [3.63, 3.8) is 0 Å². The van der Waals surface area contributed by atoms with Crippen molar-refractivity contribution in [2.45, 2.75) is 26.7 Å². The highest BCUT2D eigenvalue weighted by Gasteiger charge is 2.26. The van der Waals surface area contributed by atoms with Gasteiger partial charge in [-0.25, -0.2) is 8.42 Å². The van der Waals surface area contributed by atoms with Crippen LogP contribution in [0.4, 0.5) is 11.4 Å². The number of nitrogens with zero attached hydrogens (tertiary/aromatic N) is 1. The van der Waals surface area contributed by atoms with Crippen LogP contribution in [0, 0.1) is 0 Å². The second-order valence-electron chi connectivity index (χ2n) is 7.47. The molecule has 3 aromatic rings. The molecule has 0 unspecified atom stereocenters. The van der Waals surface area contributed by atoms with Crippen LogP contribution in [0.15, 0.2) is 54.6 Å². The maximum Gasteiger partial charge on any atom is 0.260 e. The first kappa shape index (κ1) is 21.2. The number of rotatable bonds is 6. The third-order valence-corrected chi connectivity index (χ3v) is 7.31. The fraction of sp³-hybridized carbons (Fsp3) is 0.292. The third-order valence-electron chi connectivity index (χ3n) is 5.53. The Morgan fingerprint density at radius 2 is 1.90 bits per heavy atom. The average molecular weight is 439 g/mol. The molecule has 0 fully saturated rings. The monoisotopic (exact) mass is 438 g/mol. The average Bonchev–Trinajstić information content (AvgIpc) is 2.78. The number of hydrogen-bond acceptors (Lipinski definition) is 4. The lowest BCUT2D eigenvalue weighted by Gasteiger charge is -2.30. The van der Waals surface area contributed by atoms with Gasteiger partial charge in [-0.1, -0.05) is 30.3 Å². The molecule has 4 rings (SSSR count). The summed E-state index contributed by atoms with van der Waals surface area (Å²) in [5.74, 6) is 0.345. The van der Waals surface area contributed by atoms with Crippen molar-refractivity contribution in [3.05, 3.63) is 65.7 Å². The smallest absolute Gasteiger partial charge is 0.260 e. The summed E-state index contributed by atoms with van der Waals surface area (Å²) >= 11 is 0. The Bertz CT molecular complexity index is 1240. The second-order valence-corrected chi connectivity index (χ2v) is 9.65. The van der Waals surface area contributed by atoms with Gasteiger partial charge in [0, 0.05) is 12.2 Å². The summed E-state index contributed by atoms with van der Waals surface area (Å²) in [5.41, 5.74) is 2.75. The van der Waals surface area contributed by atoms with Gasteiger partial charge in [-0.2, -0.15) is 0 Å². The van der Waals surface area contributed by atoms with Crippen molar-refractivity contribution in [2.24, 2.45) is 0 Å². The van der Waals surface area contributed by atoms with Crippen LogP contribution in [0.1, 0.15) is 36.2 Å². The summed E-state index contributed by atoms with van der Waals surface area (Å²) in [6.45, 7) is 4.48. The van der Waals surface area contributed by atoms with Gasteiger partial charge in [0.25, 0.3) is 5.91 Å². The summed E-state index contributed by atoms with van der Waals surface area (Å²) < 4.78 is 32.1. The predicted molar refractivity (Wildman–Crippen MR) is 125 cm³/mol. The molecule has 31 heavy (non-hydrogen) atoms. The van der Waals surface area contributed by atoms with E-state index in [9.17, 15) is 13.2 Å². The molecule has 6 nitrogen and oxygen atoms in total. The zero-order chi connectivity index (χ0) is 22.0. The summed E-state index contributed by atoms with van der Waals surface area (Å²) in [6, 6.07) is 16.9. The lowest BCUT2D eigenvalue weighted by Crippen LogP contribution is -2.36. The number of carbonyl (C=O) groups is 1. The van der Waals surface area contributed by atoms with Gasteiger partial charge >= 0.3 is 0 Å². The van der Waals surface area contributed by atoms with E-state index in [1.54, 1.807) is 19.1 Å². The number of anilines is 2. The fourth-order valence-electron chi connectivity index (χ4n) is 4.04. The molecular formula is C24H26N2O4S. The maximum atomic E-state index is 13.3. The first-order chi connectivity index (χ1) is 14.9. The molecule has 1 N–H and O–H groups in total. The van der Waals surface area contributed by atoms with Crippen LogP contribution in [-0.4, -0.2) is 33.2 Å². The van der Waals surface area contributed by atoms with Gasteiger partial charge in [-0.05, 0) is 67.3 Å². The van der Waals surface area contributed by atoms with Gasteiger partial charge in [0.05, 0.1) is 23.6 Å². The van der Waals surface area contributed by atoms with E-state index in [1.165, 1.54) is 4.31 Å². The van der Waals surface area contributed by atoms with Gasteiger partial charge in [0.15, 0.2) is 0 Å². The van der Waals surface area contributed by atoms with Crippen molar-refractivity contribution in [2.75, 3.05) is 28.5 Å². The molecule has 1 amide bonds. The Hall–Kier alpha value is -3.06. The standard InChI is InChI=1S/C24H26N2O4S/c1-3-30-22-14-11-17-8-5-6-10-20(17)23(22)24(27)25-19-12-13-21-18(16-19)9-7-15-26(21)31(28,29)4-2/h5-6,8,10-14,16H,3-4,7,9,15H2,1-2H3,(H,25,27). The van der Waals surface area contributed by atoms with E-state index in [2.05, 4.69) is 5.32 Å². The van der Waals surface area contributed by atoms with Gasteiger partial charge in [-0.3, -0.25) is 9.10 Å². The first-order valence-electron chi connectivity index (χ1n) is 10.5. The Labute approximate surface area is 182 Å². The molecule has 0 aliphatic carbocycles.